The van der Waals surface area contributed by atoms with E-state index in [1.807, 2.05) is 0 Å². The quantitative estimate of drug-likeness (QED) is 0.153. The summed E-state index contributed by atoms with van der Waals surface area (Å²) in [6.07, 6.45) is 0. The molecule has 0 saturated carbocycles. The van der Waals surface area contributed by atoms with Crippen LogP contribution in [0.3, 0.4) is 0 Å². The van der Waals surface area contributed by atoms with Crippen LogP contribution in [0.1, 0.15) is 11.4 Å². The number of nitrogens with one attached hydrogen (secondary N) is 4. The largest absolute Gasteiger partial charge is 0.324 e. The number of aryl methyl sites for hydroxylation is 2. The molecule has 10 nitrogen and oxygen atoms in total. The predicted molar refractivity (Wildman–Crippen MR) is 160 cm³/mol. The molecule has 0 aliphatic rings. The molecule has 0 unspecified atom stereocenters. The maximum atomic E-state index is 12.4. The van der Waals surface area contributed by atoms with E-state index in [0.717, 1.165) is 34.7 Å². The maximum Gasteiger partial charge on any atom is 0.251 e. The molecule has 0 aliphatic heterocycles. The molecular formula is C26H22Cl2N6O4S2. The number of carbonyl (C=O) groups excluding carboxylic acids is 2. The van der Waals surface area contributed by atoms with E-state index < -0.39 is 0 Å². The average Bonchev–Trinajstić information content (AvgIpc) is 2.87. The van der Waals surface area contributed by atoms with Crippen molar-refractivity contribution in [2.75, 3.05) is 22.1 Å². The highest BCUT2D eigenvalue weighted by molar-refractivity contribution is 8.00. The van der Waals surface area contributed by atoms with Gasteiger partial charge in [-0.2, -0.15) is 0 Å². The van der Waals surface area contributed by atoms with Crippen LogP contribution in [-0.2, 0) is 9.59 Å². The third kappa shape index (κ3) is 8.21. The first-order valence-corrected chi connectivity index (χ1v) is 14.4. The molecule has 4 rings (SSSR count). The van der Waals surface area contributed by atoms with Gasteiger partial charge >= 0.3 is 0 Å². The van der Waals surface area contributed by atoms with Crippen LogP contribution in [0.15, 0.2) is 68.4 Å². The fourth-order valence-corrected chi connectivity index (χ4v) is 5.37. The summed E-state index contributed by atoms with van der Waals surface area (Å²) in [5, 5.41) is 6.86. The van der Waals surface area contributed by atoms with Gasteiger partial charge in [0.25, 0.3) is 11.1 Å². The van der Waals surface area contributed by atoms with E-state index in [4.69, 9.17) is 23.2 Å². The topological polar surface area (TPSA) is 150 Å². The molecule has 2 amide bonds. The van der Waals surface area contributed by atoms with E-state index in [9.17, 15) is 19.2 Å². The molecule has 4 aromatic rings. The van der Waals surface area contributed by atoms with E-state index in [0.29, 0.717) is 43.1 Å². The number of amides is 2. The molecule has 0 spiro atoms. The number of nitrogens with zero attached hydrogens (tertiary/aromatic N) is 2. The van der Waals surface area contributed by atoms with E-state index >= 15 is 0 Å². The number of halogens is 2. The maximum absolute atomic E-state index is 12.4. The lowest BCUT2D eigenvalue weighted by Gasteiger charge is -2.11. The minimum Gasteiger partial charge on any atom is -0.324 e. The first-order chi connectivity index (χ1) is 19.0. The van der Waals surface area contributed by atoms with Gasteiger partial charge in [0.1, 0.15) is 0 Å². The summed E-state index contributed by atoms with van der Waals surface area (Å²) in [5.41, 5.74) is 2.93. The molecule has 2 aromatic heterocycles. The summed E-state index contributed by atoms with van der Waals surface area (Å²) in [6.45, 7) is 3.40. The van der Waals surface area contributed by atoms with Crippen molar-refractivity contribution in [2.24, 2.45) is 0 Å². The lowest BCUT2D eigenvalue weighted by Crippen LogP contribution is -2.16. The summed E-state index contributed by atoms with van der Waals surface area (Å²) < 4.78 is 0. The number of anilines is 2. The lowest BCUT2D eigenvalue weighted by atomic mass is 10.0. The van der Waals surface area contributed by atoms with Crippen LogP contribution in [0, 0.1) is 13.8 Å². The van der Waals surface area contributed by atoms with E-state index in [2.05, 4.69) is 30.6 Å². The Morgan fingerprint density at radius 3 is 1.48 bits per heavy atom. The molecule has 0 fully saturated rings. The van der Waals surface area contributed by atoms with Crippen molar-refractivity contribution in [3.63, 3.8) is 0 Å². The summed E-state index contributed by atoms with van der Waals surface area (Å²) >= 11 is 15.1. The number of benzene rings is 2. The number of rotatable bonds is 9. The first kappa shape index (κ1) is 29.4. The zero-order valence-corrected chi connectivity index (χ0v) is 24.3. The number of H-pyrrole nitrogens is 2. The number of hydrogen-bond donors (Lipinski definition) is 4. The van der Waals surface area contributed by atoms with Crippen molar-refractivity contribution >= 4 is 69.9 Å². The van der Waals surface area contributed by atoms with Gasteiger partial charge in [-0.15, -0.1) is 0 Å². The Hall–Kier alpha value is -3.58. The molecule has 2 aromatic carbocycles. The predicted octanol–water partition coefficient (Wildman–Crippen LogP) is 4.91. The molecule has 0 aliphatic carbocycles. The average molecular weight is 618 g/mol. The minimum absolute atomic E-state index is 0.0329. The van der Waals surface area contributed by atoms with Gasteiger partial charge in [-0.1, -0.05) is 58.9 Å². The number of carbonyl (C=O) groups is 2. The Kier molecular flexibility index (Phi) is 9.69. The number of aromatic amines is 2. The fraction of sp³-hybridized carbons (Fsp3) is 0.154. The molecule has 14 heteroatoms. The van der Waals surface area contributed by atoms with Crippen LogP contribution in [0.4, 0.5) is 11.4 Å². The first-order valence-electron chi connectivity index (χ1n) is 11.7. The number of hydrogen-bond acceptors (Lipinski definition) is 8. The van der Waals surface area contributed by atoms with Gasteiger partial charge in [0.2, 0.25) is 11.8 Å². The number of aromatic nitrogens is 4. The highest BCUT2D eigenvalue weighted by Gasteiger charge is 2.12. The molecule has 0 atom stereocenters. The SMILES string of the molecule is Cc1cc(=O)[nH]c(SCC(=O)Nc2ccc(-c3ccc(NC(=O)CSc4nc(C)cc(=O)[nH]4)c(Cl)c3)cc2Cl)n1. The number of thioether (sulfide) groups is 2. The van der Waals surface area contributed by atoms with Gasteiger partial charge < -0.3 is 20.6 Å². The Morgan fingerprint density at radius 2 is 1.12 bits per heavy atom. The smallest absolute Gasteiger partial charge is 0.251 e. The second-order valence-electron chi connectivity index (χ2n) is 8.45. The Labute approximate surface area is 246 Å². The second-order valence-corrected chi connectivity index (χ2v) is 11.2. The third-order valence-corrected chi connectivity index (χ3v) is 7.57. The van der Waals surface area contributed by atoms with Gasteiger partial charge in [0.05, 0.1) is 32.9 Å². The van der Waals surface area contributed by atoms with Crippen LogP contribution in [0.2, 0.25) is 10.0 Å². The molecule has 2 heterocycles. The summed E-state index contributed by atoms with van der Waals surface area (Å²) in [6, 6.07) is 13.1. The summed E-state index contributed by atoms with van der Waals surface area (Å²) in [7, 11) is 0. The Balaban J connectivity index is 1.35. The van der Waals surface area contributed by atoms with Crippen LogP contribution in [0.5, 0.6) is 0 Å². The molecule has 206 valence electrons. The Morgan fingerprint density at radius 1 is 0.725 bits per heavy atom. The molecule has 0 saturated heterocycles. The van der Waals surface area contributed by atoms with E-state index in [1.165, 1.54) is 12.1 Å². The Bertz CT molecular complexity index is 1580. The van der Waals surface area contributed by atoms with Crippen molar-refractivity contribution in [2.45, 2.75) is 24.2 Å². The van der Waals surface area contributed by atoms with Crippen molar-refractivity contribution in [3.8, 4) is 11.1 Å². The van der Waals surface area contributed by atoms with Crippen molar-refractivity contribution in [1.29, 1.82) is 0 Å². The van der Waals surface area contributed by atoms with Crippen molar-refractivity contribution in [3.05, 3.63) is 90.7 Å². The fourth-order valence-electron chi connectivity index (χ4n) is 3.47. The third-order valence-electron chi connectivity index (χ3n) is 5.20. The zero-order valence-electron chi connectivity index (χ0n) is 21.1. The van der Waals surface area contributed by atoms with Crippen LogP contribution < -0.4 is 21.8 Å². The molecule has 0 bridgehead atoms. The van der Waals surface area contributed by atoms with Gasteiger partial charge in [-0.05, 0) is 49.2 Å². The van der Waals surface area contributed by atoms with Crippen LogP contribution in [0.25, 0.3) is 11.1 Å². The molecule has 0 radical (unpaired) electrons. The minimum atomic E-state index is -0.311. The summed E-state index contributed by atoms with van der Waals surface area (Å²) in [5.74, 6) is -0.555. The normalized spacial score (nSPS) is 10.8. The van der Waals surface area contributed by atoms with E-state index in [-0.39, 0.29) is 34.4 Å². The van der Waals surface area contributed by atoms with Crippen molar-refractivity contribution in [1.82, 2.24) is 19.9 Å². The van der Waals surface area contributed by atoms with Gasteiger partial charge in [-0.3, -0.25) is 19.2 Å². The highest BCUT2D eigenvalue weighted by atomic mass is 35.5. The molecule has 4 N–H and O–H groups in total. The second kappa shape index (κ2) is 13.2. The monoisotopic (exact) mass is 616 g/mol. The standard InChI is InChI=1S/C26H22Cl2N6O4S2/c1-13-7-21(35)33-25(29-13)39-11-23(37)31-19-5-3-15(9-17(19)27)16-4-6-20(18(28)10-16)32-24(38)12-40-26-30-14(2)8-22(36)34-26/h3-10H,11-12H2,1-2H3,(H,31,37)(H,32,38)(H,29,33,35)(H,30,34,36). The van der Waals surface area contributed by atoms with Gasteiger partial charge in [0.15, 0.2) is 10.3 Å². The van der Waals surface area contributed by atoms with Gasteiger partial charge in [-0.25, -0.2) is 9.97 Å². The lowest BCUT2D eigenvalue weighted by molar-refractivity contribution is -0.114. The zero-order chi connectivity index (χ0) is 28.8. The van der Waals surface area contributed by atoms with Crippen LogP contribution >= 0.6 is 46.7 Å². The van der Waals surface area contributed by atoms with Crippen LogP contribution in [-0.4, -0.2) is 43.3 Å². The highest BCUT2D eigenvalue weighted by Crippen LogP contribution is 2.33. The molecular weight excluding hydrogens is 595 g/mol. The molecule has 40 heavy (non-hydrogen) atoms. The van der Waals surface area contributed by atoms with Gasteiger partial charge in [0, 0.05) is 23.5 Å². The summed E-state index contributed by atoms with van der Waals surface area (Å²) in [4.78, 5) is 61.5. The van der Waals surface area contributed by atoms with E-state index in [1.54, 1.807) is 50.2 Å². The van der Waals surface area contributed by atoms with Crippen molar-refractivity contribution < 1.29 is 9.59 Å².